The number of rotatable bonds is 8. The van der Waals surface area contributed by atoms with Crippen LogP contribution in [0.25, 0.3) is 16.2 Å². The maximum absolute atomic E-state index is 12.7. The van der Waals surface area contributed by atoms with E-state index in [1.54, 1.807) is 11.5 Å². The van der Waals surface area contributed by atoms with Crippen molar-refractivity contribution in [1.82, 2.24) is 14.6 Å². The molecular weight excluding hydrogens is 530 g/mol. The minimum absolute atomic E-state index is 0.0291. The van der Waals surface area contributed by atoms with Gasteiger partial charge in [-0.2, -0.15) is 4.37 Å². The molecule has 3 aliphatic rings. The predicted molar refractivity (Wildman–Crippen MR) is 155 cm³/mol. The van der Waals surface area contributed by atoms with Crippen molar-refractivity contribution in [2.24, 2.45) is 11.8 Å². The van der Waals surface area contributed by atoms with Crippen molar-refractivity contribution in [1.29, 1.82) is 0 Å². The van der Waals surface area contributed by atoms with Crippen LogP contribution in [0.15, 0.2) is 42.5 Å². The first-order chi connectivity index (χ1) is 19.5. The molecule has 11 heteroatoms. The van der Waals surface area contributed by atoms with E-state index < -0.39 is 4.92 Å². The monoisotopic (exact) mass is 563 g/mol. The van der Waals surface area contributed by atoms with Crippen molar-refractivity contribution in [2.75, 3.05) is 51.0 Å². The zero-order valence-corrected chi connectivity index (χ0v) is 23.1. The molecule has 10 nitrogen and oxygen atoms in total. The van der Waals surface area contributed by atoms with Gasteiger partial charge in [0.05, 0.1) is 21.3 Å². The Balaban J connectivity index is 1.02. The lowest BCUT2D eigenvalue weighted by atomic mass is 9.78. The van der Waals surface area contributed by atoms with Crippen LogP contribution in [-0.4, -0.2) is 66.2 Å². The maximum atomic E-state index is 12.7. The lowest BCUT2D eigenvalue weighted by Gasteiger charge is -2.40. The Labute approximate surface area is 236 Å². The van der Waals surface area contributed by atoms with Gasteiger partial charge in [-0.1, -0.05) is 25.0 Å². The third kappa shape index (κ3) is 5.75. The Morgan fingerprint density at radius 3 is 2.65 bits per heavy atom. The molecule has 6 rings (SSSR count). The summed E-state index contributed by atoms with van der Waals surface area (Å²) in [4.78, 5) is 28.7. The number of carbonyl (C=O) groups excluding carboxylic acids is 1. The van der Waals surface area contributed by atoms with Gasteiger partial charge in [-0.15, -0.1) is 0 Å². The molecule has 2 aromatic carbocycles. The Kier molecular flexibility index (Phi) is 7.83. The van der Waals surface area contributed by atoms with Crippen LogP contribution in [0.1, 0.15) is 31.2 Å². The van der Waals surface area contributed by atoms with E-state index >= 15 is 0 Å². The van der Waals surface area contributed by atoms with Gasteiger partial charge in [0.25, 0.3) is 5.69 Å². The fourth-order valence-electron chi connectivity index (χ4n) is 6.06. The zero-order valence-electron chi connectivity index (χ0n) is 22.3. The molecule has 2 atom stereocenters. The van der Waals surface area contributed by atoms with E-state index in [1.165, 1.54) is 53.6 Å². The highest BCUT2D eigenvalue weighted by Gasteiger charge is 2.29. The molecule has 40 heavy (non-hydrogen) atoms. The zero-order chi connectivity index (χ0) is 27.5. The average molecular weight is 564 g/mol. The number of carbonyl (C=O) groups is 1. The molecule has 2 fully saturated rings. The molecule has 1 aliphatic carbocycles. The van der Waals surface area contributed by atoms with E-state index in [2.05, 4.69) is 39.4 Å². The summed E-state index contributed by atoms with van der Waals surface area (Å²) in [5.74, 6) is 2.61. The Hall–Kier alpha value is -3.70. The largest absolute Gasteiger partial charge is 0.454 e. The average Bonchev–Trinajstić information content (AvgIpc) is 3.62. The second kappa shape index (κ2) is 11.8. The fraction of sp³-hybridized carbons (Fsp3) is 0.448. The number of hydrogen-bond donors (Lipinski definition) is 1. The number of amides is 1. The van der Waals surface area contributed by atoms with E-state index in [4.69, 9.17) is 13.8 Å². The van der Waals surface area contributed by atoms with Crippen molar-refractivity contribution >= 4 is 45.1 Å². The molecule has 0 spiro atoms. The van der Waals surface area contributed by atoms with Crippen molar-refractivity contribution < 1.29 is 19.2 Å². The lowest BCUT2D eigenvalue weighted by Crippen LogP contribution is -2.49. The molecule has 2 aliphatic heterocycles. The van der Waals surface area contributed by atoms with Gasteiger partial charge in [-0.05, 0) is 60.5 Å². The van der Waals surface area contributed by atoms with Crippen LogP contribution in [0.5, 0.6) is 11.5 Å². The summed E-state index contributed by atoms with van der Waals surface area (Å²) < 4.78 is 16.5. The summed E-state index contributed by atoms with van der Waals surface area (Å²) in [5, 5.41) is 15.8. The number of nitrogens with one attached hydrogen (secondary N) is 1. The van der Waals surface area contributed by atoms with E-state index in [0.717, 1.165) is 45.0 Å². The molecule has 3 heterocycles. The highest BCUT2D eigenvalue weighted by molar-refractivity contribution is 7.13. The fourth-order valence-corrected chi connectivity index (χ4v) is 6.86. The molecule has 0 bridgehead atoms. The number of piperazine rings is 1. The number of nitro groups is 1. The molecule has 1 saturated carbocycles. The molecule has 0 radical (unpaired) electrons. The molecule has 1 amide bonds. The number of fused-ring (bicyclic) bond motifs is 2. The molecule has 1 N–H and O–H groups in total. The topological polar surface area (TPSA) is 110 Å². The Morgan fingerprint density at radius 1 is 1.10 bits per heavy atom. The van der Waals surface area contributed by atoms with E-state index in [9.17, 15) is 14.9 Å². The summed E-state index contributed by atoms with van der Waals surface area (Å²) in [6, 6.07) is 11.3. The molecule has 0 unspecified atom stereocenters. The number of nitro benzene ring substituents is 1. The van der Waals surface area contributed by atoms with Crippen molar-refractivity contribution in [3.8, 4) is 11.5 Å². The standard InChI is InChI=1S/C29H33N5O5S/c35-28(10-9-20-15-25-26(39-19-38-25)16-24(20)34(36)37)30-17-21-5-1-2-6-22(21)18-32-11-13-33(14-12-32)29-23-7-3-4-8-27(23)40-31-29/h3-4,7-10,15-16,21-22H,1-2,5-6,11-14,17-19H2,(H,30,35)/t21-,22+/m1/s1. The molecule has 1 aromatic heterocycles. The quantitative estimate of drug-likeness (QED) is 0.239. The predicted octanol–water partition coefficient (Wildman–Crippen LogP) is 4.69. The summed E-state index contributed by atoms with van der Waals surface area (Å²) in [7, 11) is 0. The van der Waals surface area contributed by atoms with Crippen LogP contribution in [0.3, 0.4) is 0 Å². The Morgan fingerprint density at radius 2 is 1.85 bits per heavy atom. The number of anilines is 1. The molecule has 1 saturated heterocycles. The summed E-state index contributed by atoms with van der Waals surface area (Å²) in [6.07, 6.45) is 7.53. The SMILES string of the molecule is O=C(C=Cc1cc2c(cc1[N+](=O)[O-])OCO2)NC[C@H]1CCCC[C@H]1CN1CCN(c2nsc3ccccc23)CC1. The van der Waals surface area contributed by atoms with E-state index in [-0.39, 0.29) is 18.4 Å². The van der Waals surface area contributed by atoms with E-state index in [0.29, 0.717) is 35.4 Å². The van der Waals surface area contributed by atoms with Crippen LogP contribution >= 0.6 is 11.5 Å². The van der Waals surface area contributed by atoms with Crippen LogP contribution < -0.4 is 19.7 Å². The first-order valence-electron chi connectivity index (χ1n) is 13.9. The highest BCUT2D eigenvalue weighted by atomic mass is 32.1. The lowest BCUT2D eigenvalue weighted by molar-refractivity contribution is -0.385. The third-order valence-corrected chi connectivity index (χ3v) is 9.08. The number of ether oxygens (including phenoxy) is 2. The van der Waals surface area contributed by atoms with Crippen molar-refractivity contribution in [3.05, 3.63) is 58.2 Å². The van der Waals surface area contributed by atoms with Crippen LogP contribution in [-0.2, 0) is 4.79 Å². The van der Waals surface area contributed by atoms with Gasteiger partial charge in [0.2, 0.25) is 12.7 Å². The van der Waals surface area contributed by atoms with Gasteiger partial charge in [0.15, 0.2) is 11.5 Å². The number of aromatic nitrogens is 1. The summed E-state index contributed by atoms with van der Waals surface area (Å²) >= 11 is 1.57. The maximum Gasteiger partial charge on any atom is 0.280 e. The Bertz CT molecular complexity index is 1420. The van der Waals surface area contributed by atoms with Gasteiger partial charge in [0.1, 0.15) is 5.82 Å². The summed E-state index contributed by atoms with van der Waals surface area (Å²) in [5.41, 5.74) is 0.188. The normalized spacial score (nSPS) is 21.2. The molecule has 210 valence electrons. The van der Waals surface area contributed by atoms with Crippen LogP contribution in [0.4, 0.5) is 11.5 Å². The minimum Gasteiger partial charge on any atom is -0.454 e. The minimum atomic E-state index is -0.481. The first-order valence-corrected chi connectivity index (χ1v) is 14.7. The first kappa shape index (κ1) is 26.5. The molecule has 3 aromatic rings. The van der Waals surface area contributed by atoms with Gasteiger partial charge in [-0.3, -0.25) is 19.8 Å². The van der Waals surface area contributed by atoms with E-state index in [1.807, 2.05) is 0 Å². The smallest absolute Gasteiger partial charge is 0.280 e. The molecular formula is C29H33N5O5S. The second-order valence-electron chi connectivity index (χ2n) is 10.7. The number of benzene rings is 2. The van der Waals surface area contributed by atoms with Gasteiger partial charge in [0, 0.05) is 50.7 Å². The second-order valence-corrected chi connectivity index (χ2v) is 11.5. The van der Waals surface area contributed by atoms with Crippen LogP contribution in [0.2, 0.25) is 0 Å². The van der Waals surface area contributed by atoms with Crippen molar-refractivity contribution in [2.45, 2.75) is 25.7 Å². The van der Waals surface area contributed by atoms with Gasteiger partial charge < -0.3 is 19.7 Å². The van der Waals surface area contributed by atoms with Crippen molar-refractivity contribution in [3.63, 3.8) is 0 Å². The van der Waals surface area contributed by atoms with Gasteiger partial charge in [-0.25, -0.2) is 0 Å². The summed E-state index contributed by atoms with van der Waals surface area (Å²) in [6.45, 7) is 5.66. The van der Waals surface area contributed by atoms with Gasteiger partial charge >= 0.3 is 0 Å². The number of nitrogens with zero attached hydrogens (tertiary/aromatic N) is 4. The number of hydrogen-bond acceptors (Lipinski definition) is 9. The highest BCUT2D eigenvalue weighted by Crippen LogP contribution is 2.38. The third-order valence-electron chi connectivity index (χ3n) is 8.26. The van der Waals surface area contributed by atoms with Crippen LogP contribution in [0, 0.1) is 22.0 Å².